The Hall–Kier alpha value is -3.28. The third-order valence-electron chi connectivity index (χ3n) is 11.4. The van der Waals surface area contributed by atoms with Crippen molar-refractivity contribution in [1.82, 2.24) is 9.80 Å². The van der Waals surface area contributed by atoms with Crippen LogP contribution in [0.1, 0.15) is 103 Å². The molecule has 2 saturated heterocycles. The highest BCUT2D eigenvalue weighted by Crippen LogP contribution is 2.50. The van der Waals surface area contributed by atoms with Crippen LogP contribution < -0.4 is 0 Å². The van der Waals surface area contributed by atoms with Crippen LogP contribution in [-0.4, -0.2) is 42.2 Å². The second-order valence-corrected chi connectivity index (χ2v) is 17.3. The molecule has 2 fully saturated rings. The number of hydrogen-bond acceptors (Lipinski definition) is 4. The van der Waals surface area contributed by atoms with E-state index in [1.807, 2.05) is 0 Å². The summed E-state index contributed by atoms with van der Waals surface area (Å²) in [5.74, 6) is 0. The van der Waals surface area contributed by atoms with E-state index in [1.54, 1.807) is 0 Å². The van der Waals surface area contributed by atoms with Crippen LogP contribution in [0, 0.1) is 0 Å². The fourth-order valence-corrected chi connectivity index (χ4v) is 9.75. The SMILES string of the molecule is CC1(C)CC(O)(c2ccc(-c3ccc(C4(O)CC(C)(C)N(Cc5ccccc5)C(C)(C)C4)cc3)cc2)CC(C)(C)N1Cc1ccccc1. The molecule has 0 radical (unpaired) electrons. The van der Waals surface area contributed by atoms with Crippen molar-refractivity contribution in [2.24, 2.45) is 0 Å². The molecule has 0 bridgehead atoms. The lowest BCUT2D eigenvalue weighted by Gasteiger charge is -2.58. The first-order valence-corrected chi connectivity index (χ1v) is 17.7. The summed E-state index contributed by atoms with van der Waals surface area (Å²) in [5.41, 5.74) is 4.17. The van der Waals surface area contributed by atoms with E-state index in [1.165, 1.54) is 11.1 Å². The maximum atomic E-state index is 12.2. The fraction of sp³-hybridized carbons (Fsp3) is 0.455. The van der Waals surface area contributed by atoms with E-state index >= 15 is 0 Å². The van der Waals surface area contributed by atoms with Gasteiger partial charge in [-0.1, -0.05) is 109 Å². The molecule has 4 nitrogen and oxygen atoms in total. The van der Waals surface area contributed by atoms with Crippen molar-refractivity contribution in [3.05, 3.63) is 131 Å². The molecule has 6 rings (SSSR count). The van der Waals surface area contributed by atoms with Gasteiger partial charge in [0, 0.05) is 35.2 Å². The van der Waals surface area contributed by atoms with Crippen LogP contribution in [0.5, 0.6) is 0 Å². The Kier molecular flexibility index (Phi) is 8.82. The lowest BCUT2D eigenvalue weighted by atomic mass is 9.68. The number of benzene rings is 4. The minimum Gasteiger partial charge on any atom is -0.385 e. The highest BCUT2D eigenvalue weighted by atomic mass is 16.3. The average Bonchev–Trinajstić information content (AvgIpc) is 3.01. The minimum atomic E-state index is -0.916. The summed E-state index contributed by atoms with van der Waals surface area (Å²) in [6.07, 6.45) is 2.66. The molecular formula is C44H56N2O2. The molecule has 4 heteroatoms. The summed E-state index contributed by atoms with van der Waals surface area (Å²) in [7, 11) is 0. The Morgan fingerprint density at radius 1 is 0.417 bits per heavy atom. The zero-order valence-corrected chi connectivity index (χ0v) is 30.4. The maximum Gasteiger partial charge on any atom is 0.0931 e. The summed E-state index contributed by atoms with van der Waals surface area (Å²) in [6, 6.07) is 38.3. The molecule has 48 heavy (non-hydrogen) atoms. The van der Waals surface area contributed by atoms with Crippen LogP contribution in [0.4, 0.5) is 0 Å². The quantitative estimate of drug-likeness (QED) is 0.210. The van der Waals surface area contributed by atoms with Crippen LogP contribution in [0.25, 0.3) is 11.1 Å². The van der Waals surface area contributed by atoms with Gasteiger partial charge in [-0.25, -0.2) is 0 Å². The molecular weight excluding hydrogens is 588 g/mol. The van der Waals surface area contributed by atoms with Gasteiger partial charge in [-0.05, 0) is 114 Å². The zero-order chi connectivity index (χ0) is 34.6. The third-order valence-corrected chi connectivity index (χ3v) is 11.4. The van der Waals surface area contributed by atoms with Crippen molar-refractivity contribution in [2.45, 2.75) is 128 Å². The predicted octanol–water partition coefficient (Wildman–Crippen LogP) is 9.44. The van der Waals surface area contributed by atoms with Crippen molar-refractivity contribution >= 4 is 0 Å². The van der Waals surface area contributed by atoms with E-state index in [2.05, 4.69) is 174 Å². The molecule has 0 amide bonds. The average molecular weight is 645 g/mol. The Labute approximate surface area is 289 Å². The third kappa shape index (κ3) is 6.78. The largest absolute Gasteiger partial charge is 0.385 e. The molecule has 0 aliphatic carbocycles. The summed E-state index contributed by atoms with van der Waals surface area (Å²) in [4.78, 5) is 5.12. The summed E-state index contributed by atoms with van der Waals surface area (Å²) < 4.78 is 0. The number of aliphatic hydroxyl groups is 2. The second kappa shape index (κ2) is 12.2. The minimum absolute atomic E-state index is 0.193. The highest BCUT2D eigenvalue weighted by Gasteiger charge is 2.53. The number of piperidine rings is 2. The summed E-state index contributed by atoms with van der Waals surface area (Å²) in [6.45, 7) is 19.8. The lowest BCUT2D eigenvalue weighted by molar-refractivity contribution is -0.144. The van der Waals surface area contributed by atoms with Gasteiger partial charge in [-0.2, -0.15) is 0 Å². The Morgan fingerprint density at radius 2 is 0.688 bits per heavy atom. The van der Waals surface area contributed by atoms with Crippen LogP contribution in [-0.2, 0) is 24.3 Å². The van der Waals surface area contributed by atoms with Crippen LogP contribution in [0.3, 0.4) is 0 Å². The molecule has 4 aromatic rings. The van der Waals surface area contributed by atoms with Crippen molar-refractivity contribution in [2.75, 3.05) is 0 Å². The Balaban J connectivity index is 1.18. The van der Waals surface area contributed by atoms with Crippen molar-refractivity contribution in [3.63, 3.8) is 0 Å². The standard InChI is InChI=1S/C44H56N2O2/c1-39(2)29-43(47,30-40(3,4)45(39)27-33-15-11-9-12-16-33)37-23-19-35(20-24-37)36-21-25-38(26-22-36)44(48)31-41(5,6)46(42(7,8)32-44)28-34-17-13-10-14-18-34/h9-26,47-48H,27-32H2,1-8H3. The lowest BCUT2D eigenvalue weighted by Crippen LogP contribution is -2.64. The van der Waals surface area contributed by atoms with E-state index in [4.69, 9.17) is 0 Å². The summed E-state index contributed by atoms with van der Waals surface area (Å²) >= 11 is 0. The van der Waals surface area contributed by atoms with Crippen LogP contribution in [0.2, 0.25) is 0 Å². The van der Waals surface area contributed by atoms with E-state index in [0.717, 1.165) is 35.3 Å². The van der Waals surface area contributed by atoms with Gasteiger partial charge in [0.2, 0.25) is 0 Å². The van der Waals surface area contributed by atoms with E-state index in [9.17, 15) is 10.2 Å². The monoisotopic (exact) mass is 644 g/mol. The van der Waals surface area contributed by atoms with E-state index in [0.29, 0.717) is 25.7 Å². The normalized spacial score (nSPS) is 22.6. The van der Waals surface area contributed by atoms with Gasteiger partial charge in [0.15, 0.2) is 0 Å². The smallest absolute Gasteiger partial charge is 0.0931 e. The van der Waals surface area contributed by atoms with E-state index < -0.39 is 11.2 Å². The van der Waals surface area contributed by atoms with Crippen molar-refractivity contribution in [3.8, 4) is 11.1 Å². The highest BCUT2D eigenvalue weighted by molar-refractivity contribution is 5.64. The molecule has 0 aromatic heterocycles. The molecule has 2 aliphatic rings. The number of nitrogens with zero attached hydrogens (tertiary/aromatic N) is 2. The Morgan fingerprint density at radius 3 is 0.958 bits per heavy atom. The molecule has 2 heterocycles. The first-order valence-electron chi connectivity index (χ1n) is 17.7. The first-order chi connectivity index (χ1) is 22.4. The molecule has 2 N–H and O–H groups in total. The number of likely N-dealkylation sites (tertiary alicyclic amines) is 2. The number of rotatable bonds is 7. The van der Waals surface area contributed by atoms with Gasteiger partial charge in [-0.3, -0.25) is 9.80 Å². The topological polar surface area (TPSA) is 46.9 Å². The molecule has 0 saturated carbocycles. The van der Waals surface area contributed by atoms with Gasteiger partial charge in [0.25, 0.3) is 0 Å². The zero-order valence-electron chi connectivity index (χ0n) is 30.4. The van der Waals surface area contributed by atoms with Gasteiger partial charge in [0.1, 0.15) is 0 Å². The van der Waals surface area contributed by atoms with Gasteiger partial charge >= 0.3 is 0 Å². The van der Waals surface area contributed by atoms with Crippen LogP contribution >= 0.6 is 0 Å². The molecule has 4 aromatic carbocycles. The van der Waals surface area contributed by atoms with E-state index in [-0.39, 0.29) is 22.2 Å². The molecule has 0 spiro atoms. The molecule has 0 atom stereocenters. The molecule has 0 unspecified atom stereocenters. The second-order valence-electron chi connectivity index (χ2n) is 17.3. The van der Waals surface area contributed by atoms with Gasteiger partial charge < -0.3 is 10.2 Å². The van der Waals surface area contributed by atoms with Gasteiger partial charge in [0.05, 0.1) is 11.2 Å². The fourth-order valence-electron chi connectivity index (χ4n) is 9.75. The van der Waals surface area contributed by atoms with Crippen molar-refractivity contribution in [1.29, 1.82) is 0 Å². The molecule has 254 valence electrons. The first kappa shape index (κ1) is 34.6. The summed E-state index contributed by atoms with van der Waals surface area (Å²) in [5, 5.41) is 24.4. The molecule has 2 aliphatic heterocycles. The predicted molar refractivity (Wildman–Crippen MR) is 198 cm³/mol. The van der Waals surface area contributed by atoms with Crippen LogP contribution in [0.15, 0.2) is 109 Å². The Bertz CT molecular complexity index is 1520. The maximum absolute atomic E-state index is 12.2. The van der Waals surface area contributed by atoms with Gasteiger partial charge in [-0.15, -0.1) is 0 Å². The number of hydrogen-bond donors (Lipinski definition) is 2. The van der Waals surface area contributed by atoms with Crippen molar-refractivity contribution < 1.29 is 10.2 Å².